The topological polar surface area (TPSA) is 29.3 Å². The second kappa shape index (κ2) is 3.78. The molecule has 2 atom stereocenters. The number of rotatable bonds is 2. The third-order valence-corrected chi connectivity index (χ3v) is 3.80. The van der Waals surface area contributed by atoms with Gasteiger partial charge in [-0.1, -0.05) is 6.07 Å². The minimum absolute atomic E-state index is 0.391. The maximum absolute atomic E-state index is 5.88. The van der Waals surface area contributed by atoms with Gasteiger partial charge in [0.05, 0.1) is 0 Å². The molecule has 1 saturated heterocycles. The number of hydrogen-bond acceptors (Lipinski definition) is 3. The highest BCUT2D eigenvalue weighted by atomic mass is 32.1. The van der Waals surface area contributed by atoms with Crippen molar-refractivity contribution < 1.29 is 0 Å². The lowest BCUT2D eigenvalue weighted by Gasteiger charge is -2.22. The summed E-state index contributed by atoms with van der Waals surface area (Å²) < 4.78 is 0. The highest BCUT2D eigenvalue weighted by Gasteiger charge is 2.24. The smallest absolute Gasteiger partial charge is 0.0413 e. The second-order valence-electron chi connectivity index (χ2n) is 3.74. The minimum Gasteiger partial charge on any atom is -0.326 e. The van der Waals surface area contributed by atoms with Gasteiger partial charge in [-0.2, -0.15) is 0 Å². The Morgan fingerprint density at radius 3 is 3.08 bits per heavy atom. The van der Waals surface area contributed by atoms with E-state index in [0.29, 0.717) is 12.1 Å². The molecule has 1 fully saturated rings. The van der Waals surface area contributed by atoms with Crippen molar-refractivity contribution in [1.29, 1.82) is 0 Å². The van der Waals surface area contributed by atoms with E-state index in [4.69, 9.17) is 5.73 Å². The van der Waals surface area contributed by atoms with Gasteiger partial charge in [0, 0.05) is 30.1 Å². The standard InChI is InChI=1S/C10H16N2S/c1-8(10-3-2-6-13-10)12-5-4-9(11)7-12/h2-3,6,8-9H,4-5,7,11H2,1H3/t8?,9-/m1/s1. The van der Waals surface area contributed by atoms with Crippen LogP contribution in [0.4, 0.5) is 0 Å². The summed E-state index contributed by atoms with van der Waals surface area (Å²) >= 11 is 1.84. The lowest BCUT2D eigenvalue weighted by molar-refractivity contribution is 0.263. The molecule has 2 N–H and O–H groups in total. The monoisotopic (exact) mass is 196 g/mol. The number of likely N-dealkylation sites (tertiary alicyclic amines) is 1. The van der Waals surface area contributed by atoms with Gasteiger partial charge in [0.2, 0.25) is 0 Å². The summed E-state index contributed by atoms with van der Waals surface area (Å²) in [4.78, 5) is 3.92. The quantitative estimate of drug-likeness (QED) is 0.782. The van der Waals surface area contributed by atoms with Gasteiger partial charge in [-0.05, 0) is 24.8 Å². The van der Waals surface area contributed by atoms with Crippen molar-refractivity contribution in [3.8, 4) is 0 Å². The van der Waals surface area contributed by atoms with Crippen molar-refractivity contribution in [3.63, 3.8) is 0 Å². The van der Waals surface area contributed by atoms with Crippen LogP contribution >= 0.6 is 11.3 Å². The fraction of sp³-hybridized carbons (Fsp3) is 0.600. The SMILES string of the molecule is CC(c1cccs1)N1CC[C@@H](N)C1. The van der Waals surface area contributed by atoms with E-state index in [9.17, 15) is 0 Å². The van der Waals surface area contributed by atoms with Crippen LogP contribution in [0.15, 0.2) is 17.5 Å². The molecule has 0 radical (unpaired) electrons. The minimum atomic E-state index is 0.391. The number of hydrogen-bond donors (Lipinski definition) is 1. The van der Waals surface area contributed by atoms with Gasteiger partial charge in [0.15, 0.2) is 0 Å². The Labute approximate surface area is 83.4 Å². The number of thiophene rings is 1. The maximum atomic E-state index is 5.88. The Kier molecular flexibility index (Phi) is 2.67. The van der Waals surface area contributed by atoms with Crippen LogP contribution in [-0.4, -0.2) is 24.0 Å². The third-order valence-electron chi connectivity index (χ3n) is 2.76. The molecule has 2 heterocycles. The Bertz CT molecular complexity index is 258. The number of nitrogens with two attached hydrogens (primary N) is 1. The molecule has 0 spiro atoms. The lowest BCUT2D eigenvalue weighted by atomic mass is 10.2. The summed E-state index contributed by atoms with van der Waals surface area (Å²) in [6.07, 6.45) is 1.15. The van der Waals surface area contributed by atoms with Gasteiger partial charge in [0.25, 0.3) is 0 Å². The van der Waals surface area contributed by atoms with E-state index in [0.717, 1.165) is 19.5 Å². The predicted molar refractivity (Wildman–Crippen MR) is 56.9 cm³/mol. The molecule has 0 saturated carbocycles. The number of nitrogens with zero attached hydrogens (tertiary/aromatic N) is 1. The van der Waals surface area contributed by atoms with Gasteiger partial charge in [0.1, 0.15) is 0 Å². The predicted octanol–water partition coefficient (Wildman–Crippen LogP) is 1.84. The molecule has 1 unspecified atom stereocenters. The van der Waals surface area contributed by atoms with Gasteiger partial charge in [-0.25, -0.2) is 0 Å². The average Bonchev–Trinajstić information content (AvgIpc) is 2.72. The first-order valence-electron chi connectivity index (χ1n) is 4.80. The molecule has 3 heteroatoms. The van der Waals surface area contributed by atoms with E-state index < -0.39 is 0 Å². The highest BCUT2D eigenvalue weighted by Crippen LogP contribution is 2.27. The Balaban J connectivity index is 2.02. The molecule has 1 aliphatic rings. The Hall–Kier alpha value is -0.380. The van der Waals surface area contributed by atoms with Gasteiger partial charge in [-0.15, -0.1) is 11.3 Å². The Morgan fingerprint density at radius 2 is 2.54 bits per heavy atom. The van der Waals surface area contributed by atoms with Crippen molar-refractivity contribution in [1.82, 2.24) is 4.90 Å². The molecular formula is C10H16N2S. The third kappa shape index (κ3) is 1.93. The van der Waals surface area contributed by atoms with Crippen LogP contribution in [0.2, 0.25) is 0 Å². The fourth-order valence-electron chi connectivity index (χ4n) is 1.88. The van der Waals surface area contributed by atoms with Crippen LogP contribution in [0.1, 0.15) is 24.3 Å². The first kappa shape index (κ1) is 9.19. The summed E-state index contributed by atoms with van der Waals surface area (Å²) in [5.74, 6) is 0. The van der Waals surface area contributed by atoms with Crippen molar-refractivity contribution in [2.24, 2.45) is 5.73 Å². The van der Waals surface area contributed by atoms with E-state index in [1.54, 1.807) is 0 Å². The maximum Gasteiger partial charge on any atom is 0.0413 e. The molecule has 2 nitrogen and oxygen atoms in total. The van der Waals surface area contributed by atoms with E-state index in [2.05, 4.69) is 29.3 Å². The van der Waals surface area contributed by atoms with Crippen LogP contribution in [0.3, 0.4) is 0 Å². The first-order valence-corrected chi connectivity index (χ1v) is 5.68. The lowest BCUT2D eigenvalue weighted by Crippen LogP contribution is -2.28. The van der Waals surface area contributed by atoms with E-state index in [1.807, 2.05) is 11.3 Å². The van der Waals surface area contributed by atoms with Crippen LogP contribution in [0.5, 0.6) is 0 Å². The fourth-order valence-corrected chi connectivity index (χ4v) is 2.69. The molecular weight excluding hydrogens is 180 g/mol. The van der Waals surface area contributed by atoms with Crippen molar-refractivity contribution in [3.05, 3.63) is 22.4 Å². The Morgan fingerprint density at radius 1 is 1.69 bits per heavy atom. The molecule has 1 aromatic heterocycles. The molecule has 0 aliphatic carbocycles. The molecule has 72 valence electrons. The molecule has 0 amide bonds. The van der Waals surface area contributed by atoms with Crippen molar-refractivity contribution in [2.45, 2.75) is 25.4 Å². The van der Waals surface area contributed by atoms with Crippen LogP contribution < -0.4 is 5.73 Å². The van der Waals surface area contributed by atoms with Crippen LogP contribution in [0, 0.1) is 0 Å². The molecule has 0 bridgehead atoms. The zero-order valence-corrected chi connectivity index (χ0v) is 8.76. The summed E-state index contributed by atoms with van der Waals surface area (Å²) in [5, 5.41) is 2.14. The average molecular weight is 196 g/mol. The van der Waals surface area contributed by atoms with E-state index in [1.165, 1.54) is 4.88 Å². The molecule has 13 heavy (non-hydrogen) atoms. The van der Waals surface area contributed by atoms with E-state index in [-0.39, 0.29) is 0 Å². The van der Waals surface area contributed by atoms with Crippen LogP contribution in [-0.2, 0) is 0 Å². The highest BCUT2D eigenvalue weighted by molar-refractivity contribution is 7.10. The normalized spacial score (nSPS) is 26.5. The van der Waals surface area contributed by atoms with Gasteiger partial charge < -0.3 is 5.73 Å². The molecule has 1 aromatic rings. The van der Waals surface area contributed by atoms with E-state index >= 15 is 0 Å². The zero-order valence-electron chi connectivity index (χ0n) is 7.94. The van der Waals surface area contributed by atoms with Crippen molar-refractivity contribution in [2.75, 3.05) is 13.1 Å². The summed E-state index contributed by atoms with van der Waals surface area (Å²) in [7, 11) is 0. The van der Waals surface area contributed by atoms with Gasteiger partial charge in [-0.3, -0.25) is 4.90 Å². The summed E-state index contributed by atoms with van der Waals surface area (Å²) in [6, 6.07) is 5.27. The molecule has 1 aliphatic heterocycles. The molecule has 2 rings (SSSR count). The largest absolute Gasteiger partial charge is 0.326 e. The van der Waals surface area contributed by atoms with Crippen LogP contribution in [0.25, 0.3) is 0 Å². The second-order valence-corrected chi connectivity index (χ2v) is 4.71. The van der Waals surface area contributed by atoms with Gasteiger partial charge >= 0.3 is 0 Å². The first-order chi connectivity index (χ1) is 6.27. The summed E-state index contributed by atoms with van der Waals surface area (Å²) in [6.45, 7) is 4.48. The summed E-state index contributed by atoms with van der Waals surface area (Å²) in [5.41, 5.74) is 5.88. The molecule has 0 aromatic carbocycles. The zero-order chi connectivity index (χ0) is 9.26. The van der Waals surface area contributed by atoms with Crippen molar-refractivity contribution >= 4 is 11.3 Å².